The highest BCUT2D eigenvalue weighted by molar-refractivity contribution is 5.75. The molecule has 2 heteroatoms. The standard InChI is InChI=1S/C13H14O2/c1-9(2)13(14)15-12-7-6-10-4-3-5-11(10)8-12/h3,5-9H,4H2,1-2H3. The zero-order valence-corrected chi connectivity index (χ0v) is 8.99. The molecule has 2 rings (SSSR count). The van der Waals surface area contributed by atoms with Gasteiger partial charge in [0.15, 0.2) is 0 Å². The molecule has 0 atom stereocenters. The molecular formula is C13H14O2. The van der Waals surface area contributed by atoms with E-state index in [1.54, 1.807) is 0 Å². The molecule has 0 amide bonds. The van der Waals surface area contributed by atoms with Crippen LogP contribution in [-0.4, -0.2) is 5.97 Å². The van der Waals surface area contributed by atoms with Crippen LogP contribution >= 0.6 is 0 Å². The third-order valence-electron chi connectivity index (χ3n) is 2.44. The Morgan fingerprint density at radius 3 is 2.93 bits per heavy atom. The molecule has 0 fully saturated rings. The van der Waals surface area contributed by atoms with Crippen LogP contribution in [0.3, 0.4) is 0 Å². The van der Waals surface area contributed by atoms with E-state index in [4.69, 9.17) is 4.74 Å². The number of hydrogen-bond donors (Lipinski definition) is 0. The minimum Gasteiger partial charge on any atom is -0.426 e. The quantitative estimate of drug-likeness (QED) is 0.544. The summed E-state index contributed by atoms with van der Waals surface area (Å²) in [5.74, 6) is 0.365. The highest BCUT2D eigenvalue weighted by Crippen LogP contribution is 2.24. The molecule has 1 aliphatic carbocycles. The van der Waals surface area contributed by atoms with E-state index >= 15 is 0 Å². The Labute approximate surface area is 89.6 Å². The fraction of sp³-hybridized carbons (Fsp3) is 0.308. The number of carbonyl (C=O) groups excluding carboxylic acids is 1. The first-order valence-corrected chi connectivity index (χ1v) is 5.18. The van der Waals surface area contributed by atoms with Crippen LogP contribution in [0.4, 0.5) is 0 Å². The molecule has 2 nitrogen and oxygen atoms in total. The molecule has 0 aromatic heterocycles. The predicted octanol–water partition coefficient (Wildman–Crippen LogP) is 2.82. The van der Waals surface area contributed by atoms with E-state index < -0.39 is 0 Å². The van der Waals surface area contributed by atoms with Crippen molar-refractivity contribution >= 4 is 12.0 Å². The highest BCUT2D eigenvalue weighted by atomic mass is 16.5. The maximum absolute atomic E-state index is 11.4. The van der Waals surface area contributed by atoms with Crippen LogP contribution in [0.5, 0.6) is 5.75 Å². The van der Waals surface area contributed by atoms with Gasteiger partial charge in [0.1, 0.15) is 5.75 Å². The van der Waals surface area contributed by atoms with Crippen molar-refractivity contribution in [1.82, 2.24) is 0 Å². The van der Waals surface area contributed by atoms with Gasteiger partial charge in [-0.2, -0.15) is 0 Å². The second-order valence-corrected chi connectivity index (χ2v) is 4.04. The van der Waals surface area contributed by atoms with Gasteiger partial charge in [-0.1, -0.05) is 32.1 Å². The Morgan fingerprint density at radius 2 is 2.20 bits per heavy atom. The smallest absolute Gasteiger partial charge is 0.313 e. The number of benzene rings is 1. The lowest BCUT2D eigenvalue weighted by molar-refractivity contribution is -0.137. The summed E-state index contributed by atoms with van der Waals surface area (Å²) in [5.41, 5.74) is 2.45. The molecular weight excluding hydrogens is 188 g/mol. The molecule has 0 N–H and O–H groups in total. The van der Waals surface area contributed by atoms with E-state index in [2.05, 4.69) is 12.2 Å². The summed E-state index contributed by atoms with van der Waals surface area (Å²) in [6.45, 7) is 3.66. The van der Waals surface area contributed by atoms with E-state index in [9.17, 15) is 4.79 Å². The third-order valence-corrected chi connectivity index (χ3v) is 2.44. The number of allylic oxidation sites excluding steroid dienone is 1. The van der Waals surface area contributed by atoms with E-state index in [1.807, 2.05) is 32.0 Å². The Bertz CT molecular complexity index is 417. The van der Waals surface area contributed by atoms with Crippen LogP contribution in [0, 0.1) is 5.92 Å². The summed E-state index contributed by atoms with van der Waals surface area (Å²) in [6, 6.07) is 5.78. The minimum atomic E-state index is -0.183. The van der Waals surface area contributed by atoms with Gasteiger partial charge in [-0.3, -0.25) is 4.79 Å². The van der Waals surface area contributed by atoms with Crippen LogP contribution in [0.1, 0.15) is 25.0 Å². The Morgan fingerprint density at radius 1 is 1.40 bits per heavy atom. The molecule has 0 radical (unpaired) electrons. The Hall–Kier alpha value is -1.57. The van der Waals surface area contributed by atoms with Crippen LogP contribution < -0.4 is 4.74 Å². The molecule has 0 saturated carbocycles. The van der Waals surface area contributed by atoms with Gasteiger partial charge in [-0.15, -0.1) is 0 Å². The zero-order chi connectivity index (χ0) is 10.8. The highest BCUT2D eigenvalue weighted by Gasteiger charge is 2.11. The maximum atomic E-state index is 11.4. The summed E-state index contributed by atoms with van der Waals surface area (Å²) < 4.78 is 5.23. The number of fused-ring (bicyclic) bond motifs is 1. The summed E-state index contributed by atoms with van der Waals surface area (Å²) >= 11 is 0. The van der Waals surface area contributed by atoms with Crippen molar-refractivity contribution in [3.05, 3.63) is 35.4 Å². The molecule has 1 aromatic rings. The first-order chi connectivity index (χ1) is 7.16. The normalized spacial score (nSPS) is 13.0. The first kappa shape index (κ1) is 9.97. The second-order valence-electron chi connectivity index (χ2n) is 4.04. The average Bonchev–Trinajstić information content (AvgIpc) is 2.64. The van der Waals surface area contributed by atoms with Gasteiger partial charge in [-0.25, -0.2) is 0 Å². The van der Waals surface area contributed by atoms with Gasteiger partial charge in [0.05, 0.1) is 5.92 Å². The molecule has 1 aromatic carbocycles. The van der Waals surface area contributed by atoms with E-state index in [0.29, 0.717) is 5.75 Å². The largest absolute Gasteiger partial charge is 0.426 e. The summed E-state index contributed by atoms with van der Waals surface area (Å²) in [5, 5.41) is 0. The number of carbonyl (C=O) groups is 1. The SMILES string of the molecule is CC(C)C(=O)Oc1ccc2c(c1)C=CC2. The minimum absolute atomic E-state index is 0.0891. The molecule has 0 spiro atoms. The summed E-state index contributed by atoms with van der Waals surface area (Å²) in [4.78, 5) is 11.4. The fourth-order valence-corrected chi connectivity index (χ4v) is 1.52. The number of hydrogen-bond acceptors (Lipinski definition) is 2. The van der Waals surface area contributed by atoms with Crippen molar-refractivity contribution < 1.29 is 9.53 Å². The molecule has 0 aliphatic heterocycles. The summed E-state index contributed by atoms with van der Waals surface area (Å²) in [6.07, 6.45) is 5.15. The Kier molecular flexibility index (Phi) is 2.58. The monoisotopic (exact) mass is 202 g/mol. The van der Waals surface area contributed by atoms with E-state index in [1.165, 1.54) is 5.56 Å². The van der Waals surface area contributed by atoms with Gasteiger partial charge in [0.25, 0.3) is 0 Å². The first-order valence-electron chi connectivity index (χ1n) is 5.18. The lowest BCUT2D eigenvalue weighted by atomic mass is 10.1. The number of esters is 1. The van der Waals surface area contributed by atoms with Gasteiger partial charge in [-0.05, 0) is 29.7 Å². The zero-order valence-electron chi connectivity index (χ0n) is 8.99. The van der Waals surface area contributed by atoms with Crippen molar-refractivity contribution in [3.63, 3.8) is 0 Å². The molecule has 0 unspecified atom stereocenters. The van der Waals surface area contributed by atoms with Gasteiger partial charge < -0.3 is 4.74 Å². The van der Waals surface area contributed by atoms with E-state index in [-0.39, 0.29) is 11.9 Å². The summed E-state index contributed by atoms with van der Waals surface area (Å²) in [7, 11) is 0. The lowest BCUT2D eigenvalue weighted by Gasteiger charge is -2.07. The third kappa shape index (κ3) is 2.09. The van der Waals surface area contributed by atoms with Crippen LogP contribution in [0.2, 0.25) is 0 Å². The number of rotatable bonds is 2. The molecule has 0 saturated heterocycles. The van der Waals surface area contributed by atoms with Crippen LogP contribution in [0.25, 0.3) is 6.08 Å². The predicted molar refractivity (Wildman–Crippen MR) is 59.7 cm³/mol. The molecule has 1 aliphatic rings. The van der Waals surface area contributed by atoms with E-state index in [0.717, 1.165) is 12.0 Å². The van der Waals surface area contributed by atoms with Crippen molar-refractivity contribution in [2.45, 2.75) is 20.3 Å². The van der Waals surface area contributed by atoms with Crippen molar-refractivity contribution in [1.29, 1.82) is 0 Å². The molecule has 15 heavy (non-hydrogen) atoms. The molecule has 78 valence electrons. The van der Waals surface area contributed by atoms with Crippen molar-refractivity contribution in [2.75, 3.05) is 0 Å². The van der Waals surface area contributed by atoms with Crippen molar-refractivity contribution in [3.8, 4) is 5.75 Å². The Balaban J connectivity index is 2.16. The molecule has 0 bridgehead atoms. The van der Waals surface area contributed by atoms with Crippen molar-refractivity contribution in [2.24, 2.45) is 5.92 Å². The van der Waals surface area contributed by atoms with Gasteiger partial charge >= 0.3 is 5.97 Å². The molecule has 0 heterocycles. The second kappa shape index (κ2) is 3.89. The van der Waals surface area contributed by atoms with Crippen LogP contribution in [-0.2, 0) is 11.2 Å². The topological polar surface area (TPSA) is 26.3 Å². The fourth-order valence-electron chi connectivity index (χ4n) is 1.52. The maximum Gasteiger partial charge on any atom is 0.313 e. The van der Waals surface area contributed by atoms with Gasteiger partial charge in [0, 0.05) is 0 Å². The number of ether oxygens (including phenoxy) is 1. The lowest BCUT2D eigenvalue weighted by Crippen LogP contribution is -2.14. The van der Waals surface area contributed by atoms with Gasteiger partial charge in [0.2, 0.25) is 0 Å². The average molecular weight is 202 g/mol. The van der Waals surface area contributed by atoms with Crippen LogP contribution in [0.15, 0.2) is 24.3 Å².